The van der Waals surface area contributed by atoms with Gasteiger partial charge in [-0.05, 0) is 85.4 Å². The van der Waals surface area contributed by atoms with Crippen LogP contribution in [0.25, 0.3) is 0 Å². The van der Waals surface area contributed by atoms with Crippen LogP contribution in [0.5, 0.6) is 0 Å². The van der Waals surface area contributed by atoms with E-state index in [1.807, 2.05) is 18.7 Å². The number of ketones is 2. The summed E-state index contributed by atoms with van der Waals surface area (Å²) in [6, 6.07) is 0. The summed E-state index contributed by atoms with van der Waals surface area (Å²) in [5, 5.41) is 32.0. The monoisotopic (exact) mass is 579 g/mol. The molecule has 4 aliphatic carbocycles. The van der Waals surface area contributed by atoms with Gasteiger partial charge in [-0.25, -0.2) is 0 Å². The van der Waals surface area contributed by atoms with Crippen LogP contribution in [0.1, 0.15) is 93.4 Å². The van der Waals surface area contributed by atoms with Crippen LogP contribution in [-0.2, 0) is 9.59 Å². The summed E-state index contributed by atoms with van der Waals surface area (Å²) in [7, 11) is 0. The van der Waals surface area contributed by atoms with Crippen molar-refractivity contribution in [1.82, 2.24) is 4.90 Å². The van der Waals surface area contributed by atoms with Gasteiger partial charge < -0.3 is 20.2 Å². The lowest BCUT2D eigenvalue weighted by Crippen LogP contribution is -2.62. The minimum atomic E-state index is -1.54. The molecule has 0 aliphatic heterocycles. The fourth-order valence-electron chi connectivity index (χ4n) is 8.60. The molecule has 0 aromatic heterocycles. The first kappa shape index (κ1) is 33.3. The largest absolute Gasteiger partial charge is 0.393 e. The van der Waals surface area contributed by atoms with Crippen molar-refractivity contribution >= 4 is 28.6 Å². The maximum Gasteiger partial charge on any atom is 0.281 e. The highest BCUT2D eigenvalue weighted by atomic mass is 32.2. The molecular formula is C32H53NO6S. The van der Waals surface area contributed by atoms with E-state index < -0.39 is 29.5 Å². The average Bonchev–Trinajstić information content (AvgIpc) is 3.14. The van der Waals surface area contributed by atoms with Crippen molar-refractivity contribution in [3.05, 3.63) is 11.6 Å². The lowest BCUT2D eigenvalue weighted by Gasteiger charge is -2.60. The average molecular weight is 580 g/mol. The van der Waals surface area contributed by atoms with E-state index >= 15 is 0 Å². The molecular weight excluding hydrogens is 526 g/mol. The number of rotatable bonds is 7. The van der Waals surface area contributed by atoms with Gasteiger partial charge in [0, 0.05) is 24.9 Å². The van der Waals surface area contributed by atoms with Gasteiger partial charge in [-0.3, -0.25) is 14.4 Å². The Hall–Kier alpha value is -1.22. The molecule has 7 atom stereocenters. The molecule has 0 radical (unpaired) electrons. The van der Waals surface area contributed by atoms with E-state index in [0.29, 0.717) is 31.1 Å². The molecule has 40 heavy (non-hydrogen) atoms. The van der Waals surface area contributed by atoms with E-state index in [0.717, 1.165) is 44.5 Å². The van der Waals surface area contributed by atoms with Crippen LogP contribution in [-0.4, -0.2) is 74.2 Å². The minimum Gasteiger partial charge on any atom is -0.393 e. The van der Waals surface area contributed by atoms with Gasteiger partial charge in [0.25, 0.3) is 5.24 Å². The number of aliphatic hydroxyl groups is 3. The lowest BCUT2D eigenvalue weighted by atomic mass is 9.45. The zero-order valence-electron chi connectivity index (χ0n) is 25.7. The normalized spacial score (nSPS) is 36.7. The second-order valence-corrected chi connectivity index (χ2v) is 15.2. The summed E-state index contributed by atoms with van der Waals surface area (Å²) in [5.41, 5.74) is -1.23. The number of hydrogen-bond donors (Lipinski definition) is 3. The topological polar surface area (TPSA) is 115 Å². The van der Waals surface area contributed by atoms with Gasteiger partial charge in [0.15, 0.2) is 11.6 Å². The van der Waals surface area contributed by atoms with E-state index in [-0.39, 0.29) is 34.2 Å². The van der Waals surface area contributed by atoms with Crippen LogP contribution in [0.15, 0.2) is 11.6 Å². The Labute approximate surface area is 245 Å². The van der Waals surface area contributed by atoms with Gasteiger partial charge in [0.2, 0.25) is 0 Å². The Balaban J connectivity index is 0.000000270. The number of nitrogens with zero attached hydrogens (tertiary/aromatic N) is 1. The third-order valence-electron chi connectivity index (χ3n) is 10.4. The Morgan fingerprint density at radius 2 is 1.70 bits per heavy atom. The van der Waals surface area contributed by atoms with Gasteiger partial charge in [-0.15, -0.1) is 0 Å². The van der Waals surface area contributed by atoms with Gasteiger partial charge in [-0.2, -0.15) is 0 Å². The molecule has 0 heterocycles. The smallest absolute Gasteiger partial charge is 0.281 e. The highest BCUT2D eigenvalue weighted by Crippen LogP contribution is 2.67. The summed E-state index contributed by atoms with van der Waals surface area (Å²) in [4.78, 5) is 37.9. The number of thioether (sulfide) groups is 1. The fourth-order valence-corrected chi connectivity index (χ4v) is 9.18. The molecule has 0 bridgehead atoms. The molecule has 3 saturated carbocycles. The zero-order chi connectivity index (χ0) is 30.0. The van der Waals surface area contributed by atoms with Crippen LogP contribution in [0.3, 0.4) is 0 Å². The molecule has 0 saturated heterocycles. The predicted molar refractivity (Wildman–Crippen MR) is 160 cm³/mol. The third-order valence-corrected chi connectivity index (χ3v) is 11.1. The number of hydrogen-bond acceptors (Lipinski definition) is 7. The summed E-state index contributed by atoms with van der Waals surface area (Å²) < 4.78 is 0. The minimum absolute atomic E-state index is 0.0697. The first-order valence-electron chi connectivity index (χ1n) is 15.3. The van der Waals surface area contributed by atoms with Crippen LogP contribution in [0.4, 0.5) is 4.79 Å². The third kappa shape index (κ3) is 6.25. The fraction of sp³-hybridized carbons (Fsp3) is 0.844. The van der Waals surface area contributed by atoms with Crippen LogP contribution >= 0.6 is 11.8 Å². The highest BCUT2D eigenvalue weighted by molar-refractivity contribution is 8.13. The van der Waals surface area contributed by atoms with Gasteiger partial charge >= 0.3 is 0 Å². The van der Waals surface area contributed by atoms with Crippen molar-refractivity contribution < 1.29 is 29.7 Å². The zero-order valence-corrected chi connectivity index (χ0v) is 26.6. The summed E-state index contributed by atoms with van der Waals surface area (Å²) in [6.07, 6.45) is 5.74. The predicted octanol–water partition coefficient (Wildman–Crippen LogP) is 5.26. The van der Waals surface area contributed by atoms with Crippen molar-refractivity contribution in [2.45, 2.75) is 105 Å². The molecule has 0 spiro atoms. The summed E-state index contributed by atoms with van der Waals surface area (Å²) >= 11 is 1.41. The van der Waals surface area contributed by atoms with E-state index in [2.05, 4.69) is 34.6 Å². The number of Topliss-reactive ketones (excluding diaryl/α,β-unsaturated/α-hetero) is 1. The molecule has 1 amide bonds. The molecule has 4 rings (SSSR count). The standard InChI is InChI=1S/C21H30O5.C11H23NOS/c1-19-7-5-13(23)9-12(19)3-4-14-15-6-8-21(26,17(25)11-22)20(15,2)10-16(24)18(14)19;1-6-14-11(13)12(7-9(2)3)8-10(4)5/h9,14-16,18,22,24,26H,3-8,10-11H2,1-2H3;9-10H,6-8H2,1-5H3/t14-,15-,16-,18+,19-,20-,21-;/m0./s1. The van der Waals surface area contributed by atoms with Gasteiger partial charge in [0.05, 0.1) is 6.10 Å². The summed E-state index contributed by atoms with van der Waals surface area (Å²) in [5.74, 6) is 2.11. The molecule has 3 fully saturated rings. The lowest BCUT2D eigenvalue weighted by molar-refractivity contribution is -0.182. The molecule has 0 unspecified atom stereocenters. The molecule has 7 nitrogen and oxygen atoms in total. The van der Waals surface area contributed by atoms with E-state index in [1.165, 1.54) is 17.3 Å². The Morgan fingerprint density at radius 3 is 2.25 bits per heavy atom. The number of carbonyl (C=O) groups excluding carboxylic acids is 3. The van der Waals surface area contributed by atoms with Crippen LogP contribution in [0.2, 0.25) is 0 Å². The number of carbonyl (C=O) groups is 3. The molecule has 8 heteroatoms. The maximum atomic E-state index is 12.4. The molecule has 0 aromatic rings. The maximum absolute atomic E-state index is 12.4. The van der Waals surface area contributed by atoms with Crippen molar-refractivity contribution in [2.24, 2.45) is 40.4 Å². The van der Waals surface area contributed by atoms with Crippen molar-refractivity contribution in [3.63, 3.8) is 0 Å². The number of aliphatic hydroxyl groups excluding tert-OH is 2. The molecule has 228 valence electrons. The van der Waals surface area contributed by atoms with Crippen molar-refractivity contribution in [3.8, 4) is 0 Å². The van der Waals surface area contributed by atoms with Crippen molar-refractivity contribution in [1.29, 1.82) is 0 Å². The first-order valence-corrected chi connectivity index (χ1v) is 16.3. The number of fused-ring (bicyclic) bond motifs is 5. The first-order chi connectivity index (χ1) is 18.6. The quantitative estimate of drug-likeness (QED) is 0.377. The van der Waals surface area contributed by atoms with E-state index in [1.54, 1.807) is 6.08 Å². The van der Waals surface area contributed by atoms with Gasteiger partial charge in [-0.1, -0.05) is 65.8 Å². The van der Waals surface area contributed by atoms with Crippen LogP contribution < -0.4 is 0 Å². The second kappa shape index (κ2) is 13.0. The Bertz CT molecular complexity index is 970. The summed E-state index contributed by atoms with van der Waals surface area (Å²) in [6.45, 7) is 15.8. The highest BCUT2D eigenvalue weighted by Gasteiger charge is 2.68. The molecule has 0 aromatic carbocycles. The SMILES string of the molecule is CCSC(=O)N(CC(C)C)CC(C)C.C[C@]12CCC(=O)C=C1CC[C@@H]1[C@@H]2[C@@H](O)C[C@@]2(C)[C@H]1CC[C@]2(O)C(=O)CO. The van der Waals surface area contributed by atoms with Crippen molar-refractivity contribution in [2.75, 3.05) is 25.4 Å². The van der Waals surface area contributed by atoms with E-state index in [4.69, 9.17) is 0 Å². The molecule has 3 N–H and O–H groups in total. The Kier molecular flexibility index (Phi) is 10.8. The van der Waals surface area contributed by atoms with Gasteiger partial charge in [0.1, 0.15) is 12.2 Å². The second-order valence-electron chi connectivity index (χ2n) is 13.9. The van der Waals surface area contributed by atoms with E-state index in [9.17, 15) is 29.7 Å². The molecule has 4 aliphatic rings. The Morgan fingerprint density at radius 1 is 1.07 bits per heavy atom. The number of amides is 1. The number of allylic oxidation sites excluding steroid dienone is 1. The van der Waals surface area contributed by atoms with Crippen LogP contribution in [0, 0.1) is 40.4 Å².